The van der Waals surface area contributed by atoms with Gasteiger partial charge < -0.3 is 14.6 Å². The highest BCUT2D eigenvalue weighted by atomic mass is 35.5. The summed E-state index contributed by atoms with van der Waals surface area (Å²) in [7, 11) is -2.58. The van der Waals surface area contributed by atoms with Crippen molar-refractivity contribution in [1.29, 1.82) is 0 Å². The van der Waals surface area contributed by atoms with Gasteiger partial charge in [0.25, 0.3) is 15.9 Å². The average Bonchev–Trinajstić information content (AvgIpc) is 3.25. The fourth-order valence-corrected chi connectivity index (χ4v) is 5.39. The molecule has 0 aliphatic heterocycles. The minimum atomic E-state index is -4.02. The van der Waals surface area contributed by atoms with Gasteiger partial charge in [0.05, 0.1) is 28.9 Å². The predicted molar refractivity (Wildman–Crippen MR) is 133 cm³/mol. The minimum absolute atomic E-state index is 0.0414. The number of thiophene rings is 1. The van der Waals surface area contributed by atoms with Crippen LogP contribution in [0, 0.1) is 0 Å². The molecular weight excluding hydrogens is 541 g/mol. The maximum absolute atomic E-state index is 12.7. The molecule has 1 heterocycles. The lowest BCUT2D eigenvalue weighted by Crippen LogP contribution is -2.21. The molecule has 1 amide bonds. The zero-order valence-electron chi connectivity index (χ0n) is 17.8. The van der Waals surface area contributed by atoms with Crippen LogP contribution >= 0.6 is 34.5 Å². The number of carbonyl (C=O) groups excluding carboxylic acids is 1. The standard InChI is InChI=1S/C21H17Cl2N3O7S2/c1-32-14-4-2-12(17(9-14)33-11-19(27)28)10-24-25-21(29)15-5-3-13(22)8-16(15)26-35(30,31)20-7-6-18(23)34-20/h2-10,26H,11H2,1H3,(H,25,29)(H,27,28)/b24-10-. The van der Waals surface area contributed by atoms with Gasteiger partial charge in [-0.3, -0.25) is 9.52 Å². The first kappa shape index (κ1) is 26.3. The zero-order valence-corrected chi connectivity index (χ0v) is 21.0. The largest absolute Gasteiger partial charge is 0.497 e. The van der Waals surface area contributed by atoms with Crippen LogP contribution in [0.15, 0.2) is 57.8 Å². The molecule has 0 unspecified atom stereocenters. The monoisotopic (exact) mass is 557 g/mol. The molecule has 0 atom stereocenters. The van der Waals surface area contributed by atoms with E-state index in [4.69, 9.17) is 37.8 Å². The van der Waals surface area contributed by atoms with Crippen LogP contribution in [0.5, 0.6) is 11.5 Å². The fourth-order valence-electron chi connectivity index (χ4n) is 2.67. The van der Waals surface area contributed by atoms with Crippen LogP contribution in [-0.2, 0) is 14.8 Å². The van der Waals surface area contributed by atoms with Gasteiger partial charge in [0.1, 0.15) is 15.7 Å². The number of benzene rings is 2. The highest BCUT2D eigenvalue weighted by Crippen LogP contribution is 2.29. The van der Waals surface area contributed by atoms with E-state index in [1.165, 1.54) is 49.7 Å². The van der Waals surface area contributed by atoms with Crippen LogP contribution in [-0.4, -0.2) is 45.3 Å². The van der Waals surface area contributed by atoms with Gasteiger partial charge in [0.2, 0.25) is 0 Å². The molecule has 0 saturated heterocycles. The highest BCUT2D eigenvalue weighted by Gasteiger charge is 2.21. The lowest BCUT2D eigenvalue weighted by atomic mass is 10.2. The molecule has 0 saturated carbocycles. The SMILES string of the molecule is COc1ccc(/C=N\NC(=O)c2ccc(Cl)cc2NS(=O)(=O)c2ccc(Cl)s2)c(OCC(=O)O)c1. The third-order valence-electron chi connectivity index (χ3n) is 4.23. The number of carboxylic acid groups (broad SMARTS) is 1. The number of sulfonamides is 1. The van der Waals surface area contributed by atoms with Crippen molar-refractivity contribution in [1.82, 2.24) is 5.43 Å². The molecule has 2 aromatic carbocycles. The van der Waals surface area contributed by atoms with Gasteiger partial charge in [-0.05, 0) is 42.5 Å². The van der Waals surface area contributed by atoms with E-state index >= 15 is 0 Å². The summed E-state index contributed by atoms with van der Waals surface area (Å²) < 4.78 is 38.2. The molecule has 184 valence electrons. The van der Waals surface area contributed by atoms with Crippen LogP contribution in [0.25, 0.3) is 0 Å². The Morgan fingerprint density at radius 2 is 1.91 bits per heavy atom. The second-order valence-corrected chi connectivity index (χ2v) is 10.7. The number of halogens is 2. The van der Waals surface area contributed by atoms with E-state index in [-0.39, 0.29) is 30.6 Å². The highest BCUT2D eigenvalue weighted by molar-refractivity contribution is 7.94. The smallest absolute Gasteiger partial charge is 0.341 e. The lowest BCUT2D eigenvalue weighted by Gasteiger charge is -2.11. The Bertz CT molecular complexity index is 1390. The molecule has 35 heavy (non-hydrogen) atoms. The number of carbonyl (C=O) groups is 2. The molecular formula is C21H17Cl2N3O7S2. The number of hydrogen-bond donors (Lipinski definition) is 3. The van der Waals surface area contributed by atoms with Crippen LogP contribution in [0.3, 0.4) is 0 Å². The van der Waals surface area contributed by atoms with E-state index in [0.717, 1.165) is 11.3 Å². The predicted octanol–water partition coefficient (Wildman–Crippen LogP) is 4.09. The topological polar surface area (TPSA) is 143 Å². The molecule has 0 bridgehead atoms. The fraction of sp³-hybridized carbons (Fsp3) is 0.0952. The van der Waals surface area contributed by atoms with Crippen molar-refractivity contribution in [3.8, 4) is 11.5 Å². The van der Waals surface area contributed by atoms with Gasteiger partial charge in [-0.15, -0.1) is 11.3 Å². The quantitative estimate of drug-likeness (QED) is 0.251. The van der Waals surface area contributed by atoms with Crippen molar-refractivity contribution >= 4 is 68.3 Å². The van der Waals surface area contributed by atoms with Crippen LogP contribution in [0.1, 0.15) is 15.9 Å². The Hall–Kier alpha value is -3.32. The Kier molecular flexibility index (Phi) is 8.57. The maximum atomic E-state index is 12.7. The van der Waals surface area contributed by atoms with Gasteiger partial charge in [-0.25, -0.2) is 18.6 Å². The van der Waals surface area contributed by atoms with E-state index in [9.17, 15) is 18.0 Å². The maximum Gasteiger partial charge on any atom is 0.341 e. The van der Waals surface area contributed by atoms with Gasteiger partial charge in [-0.1, -0.05) is 23.2 Å². The van der Waals surface area contributed by atoms with Gasteiger partial charge >= 0.3 is 5.97 Å². The third kappa shape index (κ3) is 7.09. The van der Waals surface area contributed by atoms with Gasteiger partial charge in [-0.2, -0.15) is 5.10 Å². The average molecular weight is 558 g/mol. The van der Waals surface area contributed by atoms with Gasteiger partial charge in [0, 0.05) is 16.7 Å². The molecule has 0 aliphatic carbocycles. The first-order valence-corrected chi connectivity index (χ1v) is 12.6. The van der Waals surface area contributed by atoms with E-state index in [1.54, 1.807) is 12.1 Å². The summed E-state index contributed by atoms with van der Waals surface area (Å²) in [4.78, 5) is 23.6. The first-order chi connectivity index (χ1) is 16.6. The van der Waals surface area contributed by atoms with E-state index < -0.39 is 28.5 Å². The van der Waals surface area contributed by atoms with Crippen molar-refractivity contribution in [3.63, 3.8) is 0 Å². The van der Waals surface area contributed by atoms with Crippen molar-refractivity contribution in [2.24, 2.45) is 5.10 Å². The number of hydrogen-bond acceptors (Lipinski definition) is 8. The summed E-state index contributed by atoms with van der Waals surface area (Å²) >= 11 is 12.7. The number of amides is 1. The third-order valence-corrected chi connectivity index (χ3v) is 7.55. The number of rotatable bonds is 10. The van der Waals surface area contributed by atoms with Gasteiger partial charge in [0.15, 0.2) is 6.61 Å². The van der Waals surface area contributed by atoms with Crippen molar-refractivity contribution in [2.75, 3.05) is 18.4 Å². The Morgan fingerprint density at radius 3 is 2.57 bits per heavy atom. The lowest BCUT2D eigenvalue weighted by molar-refractivity contribution is -0.139. The van der Waals surface area contributed by atoms with E-state index in [2.05, 4.69) is 15.2 Å². The number of anilines is 1. The van der Waals surface area contributed by atoms with E-state index in [0.29, 0.717) is 11.3 Å². The second-order valence-electron chi connectivity index (χ2n) is 6.64. The summed E-state index contributed by atoms with van der Waals surface area (Å²) in [5.74, 6) is -1.32. The Balaban J connectivity index is 1.81. The molecule has 3 N–H and O–H groups in total. The number of methoxy groups -OCH3 is 1. The summed E-state index contributed by atoms with van der Waals surface area (Å²) in [6.45, 7) is -0.593. The first-order valence-electron chi connectivity index (χ1n) is 9.53. The number of aliphatic carboxylic acids is 1. The van der Waals surface area contributed by atoms with Crippen molar-refractivity contribution in [3.05, 3.63) is 69.0 Å². The number of hydrazone groups is 1. The molecule has 0 radical (unpaired) electrons. The summed E-state index contributed by atoms with van der Waals surface area (Å²) in [6.07, 6.45) is 1.24. The Morgan fingerprint density at radius 1 is 1.14 bits per heavy atom. The number of nitrogens with zero attached hydrogens (tertiary/aromatic N) is 1. The normalized spacial score (nSPS) is 11.3. The summed E-state index contributed by atoms with van der Waals surface area (Å²) in [6, 6.07) is 11.4. The summed E-state index contributed by atoms with van der Waals surface area (Å²) in [5, 5.41) is 12.9. The van der Waals surface area contributed by atoms with Crippen LogP contribution in [0.2, 0.25) is 9.36 Å². The molecule has 10 nitrogen and oxygen atoms in total. The molecule has 0 spiro atoms. The molecule has 14 heteroatoms. The molecule has 0 fully saturated rings. The van der Waals surface area contributed by atoms with E-state index in [1.807, 2.05) is 0 Å². The number of carboxylic acids is 1. The van der Waals surface area contributed by atoms with Crippen molar-refractivity contribution < 1.29 is 32.6 Å². The number of ether oxygens (including phenoxy) is 2. The van der Waals surface area contributed by atoms with Crippen LogP contribution in [0.4, 0.5) is 5.69 Å². The minimum Gasteiger partial charge on any atom is -0.497 e. The molecule has 3 aromatic rings. The molecule has 0 aliphatic rings. The number of nitrogens with one attached hydrogen (secondary N) is 2. The molecule has 1 aromatic heterocycles. The Labute approximate surface area is 214 Å². The zero-order chi connectivity index (χ0) is 25.6. The molecule has 3 rings (SSSR count). The second kappa shape index (κ2) is 11.4. The summed E-state index contributed by atoms with van der Waals surface area (Å²) in [5.41, 5.74) is 2.54. The van der Waals surface area contributed by atoms with Crippen LogP contribution < -0.4 is 19.6 Å². The van der Waals surface area contributed by atoms with Crippen molar-refractivity contribution in [2.45, 2.75) is 4.21 Å².